The molecule has 5 rings (SSSR count). The molecule has 0 unspecified atom stereocenters. The number of carbonyl (C=O) groups excluding carboxylic acids is 1. The molecule has 5 heterocycles. The number of nitrogens with zero attached hydrogens (tertiary/aromatic N) is 7. The molecule has 0 atom stereocenters. The highest BCUT2D eigenvalue weighted by Crippen LogP contribution is 2.35. The van der Waals surface area contributed by atoms with E-state index in [4.69, 9.17) is 29.2 Å². The number of amides is 1. The fourth-order valence-electron chi connectivity index (χ4n) is 3.80. The lowest BCUT2D eigenvalue weighted by Gasteiger charge is -2.28. The Morgan fingerprint density at radius 1 is 1.17 bits per heavy atom. The van der Waals surface area contributed by atoms with Gasteiger partial charge in [-0.25, -0.2) is 30.4 Å². The van der Waals surface area contributed by atoms with Gasteiger partial charge in [0.05, 0.1) is 48.9 Å². The lowest BCUT2D eigenvalue weighted by Crippen LogP contribution is -2.36. The number of nitrogens with one attached hydrogen (secondary N) is 1. The van der Waals surface area contributed by atoms with Crippen LogP contribution in [-0.4, -0.2) is 95.7 Å². The van der Waals surface area contributed by atoms with Gasteiger partial charge in [0.1, 0.15) is 0 Å². The molecule has 1 aliphatic heterocycles. The van der Waals surface area contributed by atoms with Gasteiger partial charge in [-0.1, -0.05) is 0 Å². The molecule has 17 heteroatoms. The number of hydroxylamine groups is 1. The Morgan fingerprint density at radius 3 is 2.44 bits per heavy atom. The summed E-state index contributed by atoms with van der Waals surface area (Å²) in [5, 5.41) is 8.77. The van der Waals surface area contributed by atoms with Crippen molar-refractivity contribution in [1.29, 1.82) is 0 Å². The number of aromatic nitrogens is 5. The highest BCUT2D eigenvalue weighted by Gasteiger charge is 2.21. The van der Waals surface area contributed by atoms with Crippen molar-refractivity contribution in [3.63, 3.8) is 0 Å². The van der Waals surface area contributed by atoms with E-state index >= 15 is 0 Å². The summed E-state index contributed by atoms with van der Waals surface area (Å²) in [5.74, 6) is 1.79. The molecular formula is C24H28N8O7S2. The van der Waals surface area contributed by atoms with Crippen molar-refractivity contribution >= 4 is 49.3 Å². The second-order valence-corrected chi connectivity index (χ2v) is 11.4. The summed E-state index contributed by atoms with van der Waals surface area (Å²) in [6.45, 7) is 3.33. The quantitative estimate of drug-likeness (QED) is 0.157. The van der Waals surface area contributed by atoms with Crippen molar-refractivity contribution in [2.45, 2.75) is 6.54 Å². The van der Waals surface area contributed by atoms with Gasteiger partial charge in [0.2, 0.25) is 11.8 Å². The Labute approximate surface area is 239 Å². The van der Waals surface area contributed by atoms with Gasteiger partial charge in [-0.2, -0.15) is 8.42 Å². The molecule has 0 saturated carbocycles. The minimum Gasteiger partial charge on any atom is -0.481 e. The molecular weight excluding hydrogens is 576 g/mol. The van der Waals surface area contributed by atoms with E-state index in [-0.39, 0.29) is 5.56 Å². The van der Waals surface area contributed by atoms with E-state index < -0.39 is 16.0 Å². The first-order valence-electron chi connectivity index (χ1n) is 12.1. The van der Waals surface area contributed by atoms with E-state index in [1.807, 2.05) is 18.0 Å². The van der Waals surface area contributed by atoms with E-state index in [1.54, 1.807) is 36.2 Å². The van der Waals surface area contributed by atoms with Crippen LogP contribution in [0.3, 0.4) is 0 Å². The van der Waals surface area contributed by atoms with Crippen LogP contribution in [0.25, 0.3) is 21.6 Å². The smallest absolute Gasteiger partial charge is 0.277 e. The summed E-state index contributed by atoms with van der Waals surface area (Å²) in [6.07, 6.45) is 5.16. The van der Waals surface area contributed by atoms with Gasteiger partial charge in [-0.15, -0.1) is 11.3 Å². The lowest BCUT2D eigenvalue weighted by molar-refractivity contribution is 0.0705. The molecule has 4 aromatic heterocycles. The Morgan fingerprint density at radius 2 is 1.85 bits per heavy atom. The van der Waals surface area contributed by atoms with Crippen LogP contribution in [0.2, 0.25) is 0 Å². The maximum absolute atomic E-state index is 11.5. The van der Waals surface area contributed by atoms with Crippen LogP contribution in [0, 0.1) is 0 Å². The van der Waals surface area contributed by atoms with Gasteiger partial charge >= 0.3 is 0 Å². The molecule has 0 aliphatic carbocycles. The first-order chi connectivity index (χ1) is 19.6. The predicted octanol–water partition coefficient (Wildman–Crippen LogP) is 1.65. The average molecular weight is 605 g/mol. The van der Waals surface area contributed by atoms with Gasteiger partial charge < -0.3 is 19.3 Å². The van der Waals surface area contributed by atoms with E-state index in [0.717, 1.165) is 39.6 Å². The Balaban J connectivity index is 0.000000714. The van der Waals surface area contributed by atoms with Crippen molar-refractivity contribution in [3.05, 3.63) is 47.2 Å². The van der Waals surface area contributed by atoms with Crippen molar-refractivity contribution in [2.75, 3.05) is 56.5 Å². The van der Waals surface area contributed by atoms with Crippen LogP contribution >= 0.6 is 11.3 Å². The molecule has 1 amide bonds. The van der Waals surface area contributed by atoms with Gasteiger partial charge in [-0.3, -0.25) is 14.6 Å². The largest absolute Gasteiger partial charge is 0.481 e. The van der Waals surface area contributed by atoms with Crippen molar-refractivity contribution in [1.82, 2.24) is 30.4 Å². The van der Waals surface area contributed by atoms with Crippen molar-refractivity contribution in [2.24, 2.45) is 0 Å². The van der Waals surface area contributed by atoms with Gasteiger partial charge in [0, 0.05) is 55.2 Å². The van der Waals surface area contributed by atoms with Gasteiger partial charge in [-0.05, 0) is 12.1 Å². The standard InChI is InChI=1S/C23H24N8O4S.CH4O3S/c1-30(23-25-11-15(12-26-23)22(32)29-33)13-16-9-17-19(36-16)21(31-5-7-35-8-6-31)28-20(27-17)14-3-4-18(34-2)24-10-14;1-5(2,3)4/h3-4,9-12,33H,5-8,13H2,1-2H3,(H,29,32);1H3,(H,2,3,4). The van der Waals surface area contributed by atoms with Crippen molar-refractivity contribution in [3.8, 4) is 17.3 Å². The molecule has 1 fully saturated rings. The van der Waals surface area contributed by atoms with E-state index in [0.29, 0.717) is 43.7 Å². The molecule has 3 N–H and O–H groups in total. The number of hydrogen-bond acceptors (Lipinski definition) is 14. The minimum absolute atomic E-state index is 0.169. The lowest BCUT2D eigenvalue weighted by atomic mass is 10.2. The summed E-state index contributed by atoms with van der Waals surface area (Å²) in [5.41, 5.74) is 3.39. The van der Waals surface area contributed by atoms with Crippen LogP contribution in [0.5, 0.6) is 5.88 Å². The summed E-state index contributed by atoms with van der Waals surface area (Å²) < 4.78 is 37.6. The van der Waals surface area contributed by atoms with Crippen LogP contribution in [-0.2, 0) is 21.4 Å². The summed E-state index contributed by atoms with van der Waals surface area (Å²) >= 11 is 1.62. The predicted molar refractivity (Wildman–Crippen MR) is 151 cm³/mol. The molecule has 41 heavy (non-hydrogen) atoms. The molecule has 0 radical (unpaired) electrons. The molecule has 0 spiro atoms. The first-order valence-corrected chi connectivity index (χ1v) is 14.8. The number of thiophene rings is 1. The third-order valence-corrected chi connectivity index (χ3v) is 6.76. The number of hydrogen-bond donors (Lipinski definition) is 3. The Kier molecular flexibility index (Phi) is 9.56. The summed E-state index contributed by atoms with van der Waals surface area (Å²) in [7, 11) is -0.217. The van der Waals surface area contributed by atoms with Crippen LogP contribution in [0.4, 0.5) is 11.8 Å². The van der Waals surface area contributed by atoms with E-state index in [2.05, 4.69) is 25.9 Å². The summed E-state index contributed by atoms with van der Waals surface area (Å²) in [6, 6.07) is 5.74. The zero-order valence-corrected chi connectivity index (χ0v) is 24.0. The van der Waals surface area contributed by atoms with Crippen LogP contribution < -0.4 is 20.0 Å². The Hall–Kier alpha value is -4.03. The van der Waals surface area contributed by atoms with Crippen LogP contribution in [0.1, 0.15) is 15.2 Å². The maximum Gasteiger partial charge on any atom is 0.277 e. The molecule has 0 bridgehead atoms. The SMILES string of the molecule is COc1ccc(-c2nc(N3CCOCC3)c3sc(CN(C)c4ncc(C(=O)NO)cn4)cc3n2)cn1.CS(=O)(=O)O. The molecule has 1 aliphatic rings. The minimum atomic E-state index is -3.67. The second-order valence-electron chi connectivity index (χ2n) is 8.79. The number of carbonyl (C=O) groups is 1. The third kappa shape index (κ3) is 8.01. The highest BCUT2D eigenvalue weighted by atomic mass is 32.2. The summed E-state index contributed by atoms with van der Waals surface area (Å²) in [4.78, 5) is 39.2. The zero-order valence-electron chi connectivity index (χ0n) is 22.4. The number of rotatable bonds is 7. The fraction of sp³-hybridized carbons (Fsp3) is 0.333. The van der Waals surface area contributed by atoms with Crippen LogP contribution in [0.15, 0.2) is 36.8 Å². The second kappa shape index (κ2) is 13.1. The maximum atomic E-state index is 11.5. The average Bonchev–Trinajstić information content (AvgIpc) is 3.38. The molecule has 218 valence electrons. The van der Waals surface area contributed by atoms with E-state index in [9.17, 15) is 13.2 Å². The van der Waals surface area contributed by atoms with Crippen molar-refractivity contribution < 1.29 is 32.4 Å². The van der Waals surface area contributed by atoms with Gasteiger partial charge in [0.25, 0.3) is 16.0 Å². The zero-order chi connectivity index (χ0) is 29.6. The van der Waals surface area contributed by atoms with Gasteiger partial charge in [0.15, 0.2) is 11.6 Å². The highest BCUT2D eigenvalue weighted by molar-refractivity contribution is 7.85. The topological polar surface area (TPSA) is 193 Å². The normalized spacial score (nSPS) is 13.3. The number of pyridine rings is 1. The molecule has 1 saturated heterocycles. The number of methoxy groups -OCH3 is 1. The number of anilines is 2. The monoisotopic (exact) mass is 604 g/mol. The number of morpholine rings is 1. The molecule has 0 aromatic carbocycles. The number of ether oxygens (including phenoxy) is 2. The number of fused-ring (bicyclic) bond motifs is 1. The third-order valence-electron chi connectivity index (χ3n) is 5.66. The molecule has 4 aromatic rings. The first kappa shape index (κ1) is 29.9. The fourth-order valence-corrected chi connectivity index (χ4v) is 4.96. The Bertz CT molecular complexity index is 1590. The van der Waals surface area contributed by atoms with E-state index in [1.165, 1.54) is 12.4 Å². The molecule has 15 nitrogen and oxygen atoms in total.